The van der Waals surface area contributed by atoms with Crippen LogP contribution in [0.4, 0.5) is 0 Å². The molecule has 1 aliphatic carbocycles. The Hall–Kier alpha value is -5.86. The number of para-hydroxylation sites is 2. The van der Waals surface area contributed by atoms with Gasteiger partial charge in [0, 0.05) is 33.4 Å². The Morgan fingerprint density at radius 3 is 1.98 bits per heavy atom. The van der Waals surface area contributed by atoms with Crippen LogP contribution in [0, 0.1) is 0 Å². The van der Waals surface area contributed by atoms with E-state index in [0.29, 0.717) is 0 Å². The van der Waals surface area contributed by atoms with Gasteiger partial charge in [-0.25, -0.2) is 0 Å². The van der Waals surface area contributed by atoms with Gasteiger partial charge in [-0.3, -0.25) is 0 Å². The van der Waals surface area contributed by atoms with E-state index in [1.807, 2.05) is 12.1 Å². The van der Waals surface area contributed by atoms with Crippen molar-refractivity contribution < 1.29 is 9.15 Å². The maximum absolute atomic E-state index is 7.06. The second kappa shape index (κ2) is 9.57. The molecule has 0 amide bonds. The van der Waals surface area contributed by atoms with Crippen molar-refractivity contribution in [3.63, 3.8) is 0 Å². The van der Waals surface area contributed by atoms with Crippen LogP contribution < -0.4 is 4.74 Å². The quantitative estimate of drug-likeness (QED) is 0.205. The molecule has 2 nitrogen and oxygen atoms in total. The van der Waals surface area contributed by atoms with Gasteiger partial charge in [0.1, 0.15) is 22.7 Å². The van der Waals surface area contributed by atoms with Crippen LogP contribution >= 0.6 is 0 Å². The Labute approximate surface area is 267 Å². The molecule has 1 unspecified atom stereocenters. The summed E-state index contributed by atoms with van der Waals surface area (Å²) in [5, 5.41) is 2.29. The minimum absolute atomic E-state index is 0.0678. The predicted octanol–water partition coefficient (Wildman–Crippen LogP) is 11.2. The van der Waals surface area contributed by atoms with E-state index in [0.717, 1.165) is 44.6 Å². The maximum atomic E-state index is 7.06. The van der Waals surface area contributed by atoms with E-state index >= 15 is 0 Å². The van der Waals surface area contributed by atoms with Crippen molar-refractivity contribution in [2.45, 2.75) is 11.3 Å². The summed E-state index contributed by atoms with van der Waals surface area (Å²) in [5.41, 5.74) is 12.3. The summed E-state index contributed by atoms with van der Waals surface area (Å²) in [6, 6.07) is 58.9. The van der Waals surface area contributed by atoms with E-state index in [9.17, 15) is 0 Å². The normalized spacial score (nSPS) is 15.5. The number of hydrogen-bond donors (Lipinski definition) is 0. The van der Waals surface area contributed by atoms with Crippen LogP contribution in [0.3, 0.4) is 0 Å². The Bertz CT molecular complexity index is 2410. The third-order valence-electron chi connectivity index (χ3n) is 10.1. The van der Waals surface area contributed by atoms with Gasteiger partial charge in [-0.05, 0) is 57.6 Å². The van der Waals surface area contributed by atoms with Crippen LogP contribution in [-0.4, -0.2) is 0 Å². The lowest BCUT2D eigenvalue weighted by atomic mass is 9.63. The van der Waals surface area contributed by atoms with Crippen molar-refractivity contribution in [2.75, 3.05) is 0 Å². The molecule has 10 rings (SSSR count). The van der Waals surface area contributed by atoms with Crippen molar-refractivity contribution in [3.05, 3.63) is 203 Å². The molecule has 8 aromatic rings. The number of rotatable bonds is 3. The first-order valence-electron chi connectivity index (χ1n) is 15.9. The van der Waals surface area contributed by atoms with Crippen molar-refractivity contribution in [3.8, 4) is 22.6 Å². The highest BCUT2D eigenvalue weighted by atomic mass is 16.5. The predicted molar refractivity (Wildman–Crippen MR) is 185 cm³/mol. The summed E-state index contributed by atoms with van der Waals surface area (Å²) in [6.07, 6.45) is 0. The highest BCUT2D eigenvalue weighted by molar-refractivity contribution is 6.05. The lowest BCUT2D eigenvalue weighted by molar-refractivity contribution is 0.436. The molecule has 0 N–H and O–H groups in total. The molecule has 0 saturated carbocycles. The zero-order valence-corrected chi connectivity index (χ0v) is 25.0. The first-order chi connectivity index (χ1) is 22.8. The van der Waals surface area contributed by atoms with Crippen LogP contribution in [0.2, 0.25) is 0 Å². The molecule has 1 aliphatic heterocycles. The lowest BCUT2D eigenvalue weighted by Crippen LogP contribution is -2.34. The molecular weight excluding hydrogens is 560 g/mol. The van der Waals surface area contributed by atoms with E-state index in [1.54, 1.807) is 0 Å². The Morgan fingerprint density at radius 2 is 1.15 bits per heavy atom. The molecule has 2 heteroatoms. The van der Waals surface area contributed by atoms with Crippen molar-refractivity contribution in [2.24, 2.45) is 0 Å². The highest BCUT2D eigenvalue weighted by Crippen LogP contribution is 2.61. The van der Waals surface area contributed by atoms with E-state index in [4.69, 9.17) is 9.15 Å². The SMILES string of the molecule is c1ccc(C2(c3ccccc3)c3ccccc3Oc3c2ccc2c3-c3ccccc3C2c2ccc3oc4ccccc4c3c2)cc1. The van der Waals surface area contributed by atoms with Gasteiger partial charge in [0.2, 0.25) is 0 Å². The zero-order valence-electron chi connectivity index (χ0n) is 25.0. The Morgan fingerprint density at radius 1 is 0.478 bits per heavy atom. The van der Waals surface area contributed by atoms with E-state index in [-0.39, 0.29) is 5.92 Å². The molecule has 1 atom stereocenters. The molecule has 216 valence electrons. The van der Waals surface area contributed by atoms with Gasteiger partial charge in [0.25, 0.3) is 0 Å². The first-order valence-corrected chi connectivity index (χ1v) is 15.9. The number of ether oxygens (including phenoxy) is 1. The molecule has 0 radical (unpaired) electrons. The van der Waals surface area contributed by atoms with Crippen molar-refractivity contribution >= 4 is 21.9 Å². The van der Waals surface area contributed by atoms with Gasteiger partial charge in [0.05, 0.1) is 5.41 Å². The molecule has 2 aliphatic rings. The average molecular weight is 589 g/mol. The van der Waals surface area contributed by atoms with Crippen LogP contribution in [0.15, 0.2) is 168 Å². The molecule has 2 heterocycles. The summed E-state index contributed by atoms with van der Waals surface area (Å²) >= 11 is 0. The topological polar surface area (TPSA) is 22.4 Å². The smallest absolute Gasteiger partial charge is 0.140 e. The fourth-order valence-electron chi connectivity index (χ4n) is 8.23. The minimum Gasteiger partial charge on any atom is -0.456 e. The number of benzene rings is 7. The largest absolute Gasteiger partial charge is 0.456 e. The van der Waals surface area contributed by atoms with Gasteiger partial charge >= 0.3 is 0 Å². The molecular formula is C44H28O2. The Balaban J connectivity index is 1.28. The number of hydrogen-bond acceptors (Lipinski definition) is 2. The third kappa shape index (κ3) is 3.36. The van der Waals surface area contributed by atoms with Crippen LogP contribution in [-0.2, 0) is 5.41 Å². The van der Waals surface area contributed by atoms with Crippen LogP contribution in [0.1, 0.15) is 44.9 Å². The summed E-state index contributed by atoms with van der Waals surface area (Å²) in [5.74, 6) is 1.90. The lowest BCUT2D eigenvalue weighted by Gasteiger charge is -2.42. The third-order valence-corrected chi connectivity index (χ3v) is 10.1. The summed E-state index contributed by atoms with van der Waals surface area (Å²) in [4.78, 5) is 0. The second-order valence-electron chi connectivity index (χ2n) is 12.4. The number of fused-ring (bicyclic) bond motifs is 9. The van der Waals surface area contributed by atoms with Crippen molar-refractivity contribution in [1.82, 2.24) is 0 Å². The minimum atomic E-state index is -0.552. The molecule has 0 spiro atoms. The maximum Gasteiger partial charge on any atom is 0.140 e. The van der Waals surface area contributed by atoms with Crippen LogP contribution in [0.5, 0.6) is 11.5 Å². The molecule has 0 saturated heterocycles. The molecule has 0 bridgehead atoms. The summed E-state index contributed by atoms with van der Waals surface area (Å²) in [7, 11) is 0. The monoisotopic (exact) mass is 588 g/mol. The molecule has 7 aromatic carbocycles. The number of furan rings is 1. The summed E-state index contributed by atoms with van der Waals surface area (Å²) in [6.45, 7) is 0. The van der Waals surface area contributed by atoms with E-state index < -0.39 is 5.41 Å². The average Bonchev–Trinajstić information content (AvgIpc) is 3.67. The van der Waals surface area contributed by atoms with E-state index in [2.05, 4.69) is 152 Å². The fourth-order valence-corrected chi connectivity index (χ4v) is 8.23. The van der Waals surface area contributed by atoms with E-state index in [1.165, 1.54) is 38.9 Å². The van der Waals surface area contributed by atoms with Gasteiger partial charge in [-0.2, -0.15) is 0 Å². The van der Waals surface area contributed by atoms with Gasteiger partial charge in [0.15, 0.2) is 0 Å². The molecule has 1 aromatic heterocycles. The zero-order chi connectivity index (χ0) is 30.2. The summed E-state index contributed by atoms with van der Waals surface area (Å²) < 4.78 is 13.3. The standard InChI is InChI=1S/C44H28O2/c1-3-13-29(14-4-1)44(30-15-5-2-6-16-30)36-20-10-12-22-40(36)46-43-37(44)25-24-34-41(32-18-7-8-19-33(32)42(34)43)28-23-26-39-35(27-28)31-17-9-11-21-38(31)45-39/h1-27,41H. The highest BCUT2D eigenvalue weighted by Gasteiger charge is 2.47. The van der Waals surface area contributed by atoms with Gasteiger partial charge in [-0.1, -0.05) is 140 Å². The van der Waals surface area contributed by atoms with Gasteiger partial charge < -0.3 is 9.15 Å². The second-order valence-corrected chi connectivity index (χ2v) is 12.4. The molecule has 46 heavy (non-hydrogen) atoms. The van der Waals surface area contributed by atoms with Crippen molar-refractivity contribution in [1.29, 1.82) is 0 Å². The first kappa shape index (κ1) is 25.5. The van der Waals surface area contributed by atoms with Gasteiger partial charge in [-0.15, -0.1) is 0 Å². The molecule has 0 fully saturated rings. The Kier molecular flexibility index (Phi) is 5.30. The fraction of sp³-hybridized carbons (Fsp3) is 0.0455. The van der Waals surface area contributed by atoms with Crippen LogP contribution in [0.25, 0.3) is 33.1 Å².